The average molecular weight is 299 g/mol. The Morgan fingerprint density at radius 3 is 2.95 bits per heavy atom. The first-order chi connectivity index (χ1) is 10.7. The van der Waals surface area contributed by atoms with Gasteiger partial charge in [0.05, 0.1) is 6.61 Å². The van der Waals surface area contributed by atoms with Crippen molar-refractivity contribution >= 4 is 22.5 Å². The Morgan fingerprint density at radius 1 is 1.36 bits per heavy atom. The fourth-order valence-corrected chi connectivity index (χ4v) is 2.33. The highest BCUT2D eigenvalue weighted by Gasteiger charge is 2.11. The number of hydrogen-bond donors (Lipinski definition) is 1. The summed E-state index contributed by atoms with van der Waals surface area (Å²) in [5.74, 6) is 0.325. The molecule has 0 bridgehead atoms. The lowest BCUT2D eigenvalue weighted by atomic mass is 10.2. The molecule has 0 atom stereocenters. The fraction of sp³-hybridized carbons (Fsp3) is 0.250. The molecule has 3 rings (SSSR count). The predicted molar refractivity (Wildman–Crippen MR) is 83.0 cm³/mol. The summed E-state index contributed by atoms with van der Waals surface area (Å²) in [5.41, 5.74) is 2.10. The summed E-state index contributed by atoms with van der Waals surface area (Å²) >= 11 is 0. The zero-order valence-corrected chi connectivity index (χ0v) is 12.5. The minimum absolute atomic E-state index is 0.273. The second-order valence-electron chi connectivity index (χ2n) is 5.05. The number of amides is 1. The predicted octanol–water partition coefficient (Wildman–Crippen LogP) is 2.84. The van der Waals surface area contributed by atoms with E-state index in [1.54, 1.807) is 20.1 Å². The second-order valence-corrected chi connectivity index (χ2v) is 5.05. The molecule has 0 aliphatic carbocycles. The first kappa shape index (κ1) is 14.3. The number of hydrogen-bond acceptors (Lipinski definition) is 4. The molecular weight excluding hydrogens is 282 g/mol. The Kier molecular flexibility index (Phi) is 3.93. The van der Waals surface area contributed by atoms with E-state index in [4.69, 9.17) is 9.26 Å². The first-order valence-electron chi connectivity index (χ1n) is 7.00. The first-order valence-corrected chi connectivity index (χ1v) is 7.00. The van der Waals surface area contributed by atoms with E-state index in [9.17, 15) is 4.79 Å². The molecule has 3 aromatic rings. The average Bonchev–Trinajstić information content (AvgIpc) is 3.11. The number of aryl methyl sites for hydroxylation is 1. The van der Waals surface area contributed by atoms with Gasteiger partial charge in [0.2, 0.25) is 0 Å². The molecule has 0 saturated carbocycles. The van der Waals surface area contributed by atoms with Crippen LogP contribution in [0.4, 0.5) is 5.69 Å². The molecule has 1 N–H and O–H groups in total. The van der Waals surface area contributed by atoms with Crippen LogP contribution in [-0.2, 0) is 11.3 Å². The van der Waals surface area contributed by atoms with Crippen LogP contribution in [-0.4, -0.2) is 29.3 Å². The third-order valence-electron chi connectivity index (χ3n) is 3.43. The van der Waals surface area contributed by atoms with Crippen LogP contribution in [0.25, 0.3) is 10.9 Å². The standard InChI is InChI=1S/C16H17N3O3/c1-11-9-14(18-22-11)16(20)17-13-3-4-15-12(10-13)5-6-19(15)7-8-21-2/h3-6,9-10H,7-8H2,1-2H3,(H,17,20). The van der Waals surface area contributed by atoms with E-state index in [1.165, 1.54) is 0 Å². The van der Waals surface area contributed by atoms with Gasteiger partial charge < -0.3 is 19.1 Å². The van der Waals surface area contributed by atoms with Crippen LogP contribution >= 0.6 is 0 Å². The van der Waals surface area contributed by atoms with Crippen molar-refractivity contribution in [1.29, 1.82) is 0 Å². The van der Waals surface area contributed by atoms with Crippen molar-refractivity contribution in [1.82, 2.24) is 9.72 Å². The largest absolute Gasteiger partial charge is 0.383 e. The number of fused-ring (bicyclic) bond motifs is 1. The topological polar surface area (TPSA) is 69.3 Å². The summed E-state index contributed by atoms with van der Waals surface area (Å²) in [6.07, 6.45) is 2.01. The Labute approximate surface area is 127 Å². The number of carbonyl (C=O) groups excluding carboxylic acids is 1. The van der Waals surface area contributed by atoms with Crippen molar-refractivity contribution in [2.75, 3.05) is 19.0 Å². The smallest absolute Gasteiger partial charge is 0.277 e. The maximum absolute atomic E-state index is 12.1. The Morgan fingerprint density at radius 2 is 2.23 bits per heavy atom. The van der Waals surface area contributed by atoms with Crippen molar-refractivity contribution < 1.29 is 14.1 Å². The highest BCUT2D eigenvalue weighted by atomic mass is 16.5. The normalized spacial score (nSPS) is 11.0. The number of nitrogens with one attached hydrogen (secondary N) is 1. The molecule has 114 valence electrons. The number of methoxy groups -OCH3 is 1. The van der Waals surface area contributed by atoms with Gasteiger partial charge in [-0.25, -0.2) is 0 Å². The quantitative estimate of drug-likeness (QED) is 0.786. The lowest BCUT2D eigenvalue weighted by Crippen LogP contribution is -2.12. The van der Waals surface area contributed by atoms with Crippen LogP contribution in [0.2, 0.25) is 0 Å². The monoisotopic (exact) mass is 299 g/mol. The van der Waals surface area contributed by atoms with Crippen molar-refractivity contribution in [3.8, 4) is 0 Å². The zero-order valence-electron chi connectivity index (χ0n) is 12.5. The van der Waals surface area contributed by atoms with Crippen molar-refractivity contribution in [3.63, 3.8) is 0 Å². The van der Waals surface area contributed by atoms with Crippen LogP contribution in [0.5, 0.6) is 0 Å². The lowest BCUT2D eigenvalue weighted by molar-refractivity contribution is 0.101. The number of aromatic nitrogens is 2. The van der Waals surface area contributed by atoms with E-state index < -0.39 is 0 Å². The number of benzene rings is 1. The molecule has 1 aromatic carbocycles. The van der Waals surface area contributed by atoms with Crippen molar-refractivity contribution in [2.24, 2.45) is 0 Å². The molecule has 6 heteroatoms. The van der Waals surface area contributed by atoms with Crippen LogP contribution in [0.15, 0.2) is 41.1 Å². The van der Waals surface area contributed by atoms with Gasteiger partial charge in [-0.2, -0.15) is 0 Å². The van der Waals surface area contributed by atoms with Gasteiger partial charge in [-0.05, 0) is 31.2 Å². The molecule has 0 aliphatic heterocycles. The number of ether oxygens (including phenoxy) is 1. The van der Waals surface area contributed by atoms with E-state index in [0.717, 1.165) is 23.1 Å². The number of carbonyl (C=O) groups is 1. The zero-order chi connectivity index (χ0) is 15.5. The molecule has 0 fully saturated rings. The molecule has 2 aromatic heterocycles. The van der Waals surface area contributed by atoms with E-state index in [2.05, 4.69) is 15.0 Å². The molecule has 1 amide bonds. The third kappa shape index (κ3) is 2.87. The van der Waals surface area contributed by atoms with Gasteiger partial charge in [-0.3, -0.25) is 4.79 Å². The maximum atomic E-state index is 12.1. The SMILES string of the molecule is COCCn1ccc2cc(NC(=O)c3cc(C)on3)ccc21. The van der Waals surface area contributed by atoms with Gasteiger partial charge in [0, 0.05) is 42.5 Å². The van der Waals surface area contributed by atoms with Gasteiger partial charge in [0.15, 0.2) is 5.69 Å². The van der Waals surface area contributed by atoms with Crippen LogP contribution in [0.3, 0.4) is 0 Å². The van der Waals surface area contributed by atoms with Crippen LogP contribution < -0.4 is 5.32 Å². The molecule has 0 radical (unpaired) electrons. The molecular formula is C16H17N3O3. The van der Waals surface area contributed by atoms with Gasteiger partial charge in [0.25, 0.3) is 5.91 Å². The molecule has 2 heterocycles. The van der Waals surface area contributed by atoms with Gasteiger partial charge in [-0.15, -0.1) is 0 Å². The van der Waals surface area contributed by atoms with Crippen molar-refractivity contribution in [2.45, 2.75) is 13.5 Å². The van der Waals surface area contributed by atoms with E-state index in [1.807, 2.05) is 30.5 Å². The molecule has 6 nitrogen and oxygen atoms in total. The van der Waals surface area contributed by atoms with Gasteiger partial charge in [0.1, 0.15) is 5.76 Å². The summed E-state index contributed by atoms with van der Waals surface area (Å²) in [6, 6.07) is 9.41. The van der Waals surface area contributed by atoms with E-state index >= 15 is 0 Å². The minimum Gasteiger partial charge on any atom is -0.383 e. The lowest BCUT2D eigenvalue weighted by Gasteiger charge is -2.06. The Bertz CT molecular complexity index is 804. The summed E-state index contributed by atoms with van der Waals surface area (Å²) < 4.78 is 12.1. The molecule has 22 heavy (non-hydrogen) atoms. The summed E-state index contributed by atoms with van der Waals surface area (Å²) in [6.45, 7) is 3.20. The minimum atomic E-state index is -0.282. The van der Waals surface area contributed by atoms with Gasteiger partial charge >= 0.3 is 0 Å². The Hall–Kier alpha value is -2.60. The number of rotatable bonds is 5. The number of nitrogens with zero attached hydrogens (tertiary/aromatic N) is 2. The molecule has 0 unspecified atom stereocenters. The molecule has 0 saturated heterocycles. The molecule has 0 spiro atoms. The Balaban J connectivity index is 1.79. The highest BCUT2D eigenvalue weighted by Crippen LogP contribution is 2.21. The van der Waals surface area contributed by atoms with Crippen LogP contribution in [0, 0.1) is 6.92 Å². The maximum Gasteiger partial charge on any atom is 0.277 e. The summed E-state index contributed by atoms with van der Waals surface area (Å²) in [4.78, 5) is 12.1. The van der Waals surface area contributed by atoms with Crippen LogP contribution in [0.1, 0.15) is 16.2 Å². The number of anilines is 1. The molecule has 0 aliphatic rings. The van der Waals surface area contributed by atoms with Gasteiger partial charge in [-0.1, -0.05) is 5.16 Å². The fourth-order valence-electron chi connectivity index (χ4n) is 2.33. The van der Waals surface area contributed by atoms with Crippen molar-refractivity contribution in [3.05, 3.63) is 48.0 Å². The third-order valence-corrected chi connectivity index (χ3v) is 3.43. The van der Waals surface area contributed by atoms with E-state index in [-0.39, 0.29) is 11.6 Å². The highest BCUT2D eigenvalue weighted by molar-refractivity contribution is 6.03. The van der Waals surface area contributed by atoms with E-state index in [0.29, 0.717) is 12.4 Å². The summed E-state index contributed by atoms with van der Waals surface area (Å²) in [5, 5.41) is 7.59. The second kappa shape index (κ2) is 6.03. The summed E-state index contributed by atoms with van der Waals surface area (Å²) in [7, 11) is 1.69.